The van der Waals surface area contributed by atoms with Crippen LogP contribution in [0, 0.1) is 5.82 Å². The molecule has 0 amide bonds. The summed E-state index contributed by atoms with van der Waals surface area (Å²) < 4.78 is 25.2. The van der Waals surface area contributed by atoms with E-state index in [-0.39, 0.29) is 11.6 Å². The highest BCUT2D eigenvalue weighted by Crippen LogP contribution is 2.39. The van der Waals surface area contributed by atoms with Gasteiger partial charge in [-0.3, -0.25) is 0 Å². The van der Waals surface area contributed by atoms with Crippen molar-refractivity contribution < 1.29 is 24.1 Å². The molecule has 1 unspecified atom stereocenters. The zero-order valence-electron chi connectivity index (χ0n) is 21.1. The number of H-pyrrole nitrogens is 1. The number of aliphatic hydroxyl groups is 1. The van der Waals surface area contributed by atoms with Gasteiger partial charge in [-0.15, -0.1) is 10.2 Å². The fraction of sp³-hybridized carbons (Fsp3) is 0.321. The lowest BCUT2D eigenvalue weighted by Gasteiger charge is -2.28. The molecule has 3 aromatic carbocycles. The van der Waals surface area contributed by atoms with Crippen LogP contribution in [0.5, 0.6) is 17.2 Å². The largest absolute Gasteiger partial charge is 0.507 e. The molecule has 9 heteroatoms. The summed E-state index contributed by atoms with van der Waals surface area (Å²) in [6.07, 6.45) is 0.386. The smallest absolute Gasteiger partial charge is 0.183 e. The van der Waals surface area contributed by atoms with Gasteiger partial charge in [0.2, 0.25) is 0 Å². The molecule has 37 heavy (non-hydrogen) atoms. The summed E-state index contributed by atoms with van der Waals surface area (Å²) >= 11 is 0. The molecule has 1 heterocycles. The van der Waals surface area contributed by atoms with Crippen LogP contribution in [-0.2, 0) is 11.8 Å². The number of rotatable bonds is 11. The van der Waals surface area contributed by atoms with Crippen molar-refractivity contribution in [3.63, 3.8) is 0 Å². The van der Waals surface area contributed by atoms with Gasteiger partial charge in [-0.1, -0.05) is 42.5 Å². The number of tetrazole rings is 1. The van der Waals surface area contributed by atoms with E-state index >= 15 is 0 Å². The Hall–Kier alpha value is -3.98. The first-order chi connectivity index (χ1) is 17.8. The first kappa shape index (κ1) is 26.1. The second-order valence-electron chi connectivity index (χ2n) is 9.29. The Kier molecular flexibility index (Phi) is 8.03. The fourth-order valence-electron chi connectivity index (χ4n) is 4.09. The van der Waals surface area contributed by atoms with Crippen molar-refractivity contribution >= 4 is 0 Å². The zero-order chi connectivity index (χ0) is 26.4. The molecule has 3 N–H and O–H groups in total. The predicted molar refractivity (Wildman–Crippen MR) is 137 cm³/mol. The van der Waals surface area contributed by atoms with Crippen LogP contribution in [0.3, 0.4) is 0 Å². The molecule has 0 aliphatic heterocycles. The van der Waals surface area contributed by atoms with Gasteiger partial charge in [0.15, 0.2) is 5.82 Å². The summed E-state index contributed by atoms with van der Waals surface area (Å²) in [7, 11) is 0. The highest BCUT2D eigenvalue weighted by molar-refractivity contribution is 5.72. The lowest BCUT2D eigenvalue weighted by atomic mass is 9.81. The Balaban J connectivity index is 1.37. The molecular weight excluding hydrogens is 475 g/mol. The molecule has 0 saturated carbocycles. The minimum Gasteiger partial charge on any atom is -0.507 e. The maximum absolute atomic E-state index is 13.3. The summed E-state index contributed by atoms with van der Waals surface area (Å²) in [5.41, 5.74) is 2.15. The number of phenolic OH excluding ortho intramolecular Hbond substituents is 1. The number of hydrogen-bond donors (Lipinski definition) is 3. The van der Waals surface area contributed by atoms with Gasteiger partial charge in [-0.05, 0) is 55.7 Å². The number of aromatic nitrogens is 4. The maximum Gasteiger partial charge on any atom is 0.183 e. The van der Waals surface area contributed by atoms with E-state index in [2.05, 4.69) is 20.6 Å². The Labute approximate surface area is 215 Å². The Morgan fingerprint density at radius 3 is 2.38 bits per heavy atom. The van der Waals surface area contributed by atoms with E-state index in [1.165, 1.54) is 12.1 Å². The SMILES string of the molecule is CCc1cc(-c2ccc(F)cc2)c(O)cc1OCCCOc1ccccc1C(O)C(C)(C)c1nn[nH]n1. The van der Waals surface area contributed by atoms with E-state index in [1.54, 1.807) is 18.2 Å². The lowest BCUT2D eigenvalue weighted by molar-refractivity contribution is 0.0913. The Morgan fingerprint density at radius 2 is 1.70 bits per heavy atom. The molecule has 4 rings (SSSR count). The van der Waals surface area contributed by atoms with Crippen LogP contribution < -0.4 is 9.47 Å². The van der Waals surface area contributed by atoms with E-state index in [1.807, 2.05) is 51.1 Å². The van der Waals surface area contributed by atoms with Gasteiger partial charge in [0.1, 0.15) is 23.1 Å². The standard InChI is InChI=1S/C28H31FN4O4/c1-4-18-16-22(19-10-12-20(29)13-11-19)23(34)17-25(18)37-15-7-14-36-24-9-6-5-8-21(24)26(35)28(2,3)27-30-32-33-31-27/h5-6,8-13,16-17,26,34-35H,4,7,14-15H2,1-3H3,(H,30,31,32,33). The van der Waals surface area contributed by atoms with Crippen LogP contribution in [0.2, 0.25) is 0 Å². The van der Waals surface area contributed by atoms with Crippen molar-refractivity contribution in [2.24, 2.45) is 0 Å². The summed E-state index contributed by atoms with van der Waals surface area (Å²) in [6.45, 7) is 6.44. The van der Waals surface area contributed by atoms with Crippen molar-refractivity contribution in [1.29, 1.82) is 0 Å². The van der Waals surface area contributed by atoms with E-state index < -0.39 is 11.5 Å². The van der Waals surface area contributed by atoms with Crippen LogP contribution >= 0.6 is 0 Å². The van der Waals surface area contributed by atoms with Crippen LogP contribution in [0.1, 0.15) is 50.2 Å². The van der Waals surface area contributed by atoms with Gasteiger partial charge in [-0.25, -0.2) is 4.39 Å². The first-order valence-corrected chi connectivity index (χ1v) is 12.2. The number of nitrogens with zero attached hydrogens (tertiary/aromatic N) is 3. The number of aromatic hydroxyl groups is 1. The average Bonchev–Trinajstić information content (AvgIpc) is 3.45. The molecule has 4 aromatic rings. The van der Waals surface area contributed by atoms with Crippen molar-refractivity contribution in [1.82, 2.24) is 20.6 Å². The zero-order valence-corrected chi connectivity index (χ0v) is 21.1. The lowest BCUT2D eigenvalue weighted by Crippen LogP contribution is -2.28. The van der Waals surface area contributed by atoms with Crippen molar-refractivity contribution in [3.05, 3.63) is 83.4 Å². The maximum atomic E-state index is 13.3. The van der Waals surface area contributed by atoms with Crippen molar-refractivity contribution in [3.8, 4) is 28.4 Å². The summed E-state index contributed by atoms with van der Waals surface area (Å²) in [4.78, 5) is 0. The normalized spacial score (nSPS) is 12.4. The highest BCUT2D eigenvalue weighted by atomic mass is 19.1. The van der Waals surface area contributed by atoms with Gasteiger partial charge >= 0.3 is 0 Å². The van der Waals surface area contributed by atoms with E-state index in [0.29, 0.717) is 54.5 Å². The number of nitrogens with one attached hydrogen (secondary N) is 1. The van der Waals surface area contributed by atoms with E-state index in [4.69, 9.17) is 9.47 Å². The van der Waals surface area contributed by atoms with Crippen molar-refractivity contribution in [2.45, 2.75) is 45.1 Å². The third-order valence-corrected chi connectivity index (χ3v) is 6.34. The van der Waals surface area contributed by atoms with Gasteiger partial charge in [0.25, 0.3) is 0 Å². The second-order valence-corrected chi connectivity index (χ2v) is 9.29. The van der Waals surface area contributed by atoms with Crippen LogP contribution in [0.4, 0.5) is 4.39 Å². The topological polar surface area (TPSA) is 113 Å². The number of hydrogen-bond acceptors (Lipinski definition) is 7. The molecule has 1 aromatic heterocycles. The van der Waals surface area contributed by atoms with Gasteiger partial charge in [0, 0.05) is 23.6 Å². The number of para-hydroxylation sites is 1. The Morgan fingerprint density at radius 1 is 1.00 bits per heavy atom. The van der Waals surface area contributed by atoms with Gasteiger partial charge < -0.3 is 19.7 Å². The average molecular weight is 507 g/mol. The Bertz CT molecular complexity index is 1310. The van der Waals surface area contributed by atoms with Crippen LogP contribution in [0.15, 0.2) is 60.7 Å². The number of benzene rings is 3. The number of aliphatic hydroxyl groups excluding tert-OH is 1. The highest BCUT2D eigenvalue weighted by Gasteiger charge is 2.36. The molecule has 0 saturated heterocycles. The van der Waals surface area contributed by atoms with Crippen LogP contribution in [0.25, 0.3) is 11.1 Å². The van der Waals surface area contributed by atoms with Crippen molar-refractivity contribution in [2.75, 3.05) is 13.2 Å². The second kappa shape index (κ2) is 11.4. The molecule has 194 valence electrons. The molecule has 0 spiro atoms. The number of halogens is 1. The number of ether oxygens (including phenoxy) is 2. The summed E-state index contributed by atoms with van der Waals surface area (Å²) in [5, 5.41) is 35.7. The molecule has 0 bridgehead atoms. The number of phenols is 1. The third kappa shape index (κ3) is 5.89. The minimum atomic E-state index is -0.910. The predicted octanol–water partition coefficient (Wildman–Crippen LogP) is 5.13. The van der Waals surface area contributed by atoms with Gasteiger partial charge in [0.05, 0.1) is 24.7 Å². The summed E-state index contributed by atoms with van der Waals surface area (Å²) in [6, 6.07) is 16.8. The molecule has 0 fully saturated rings. The molecule has 0 radical (unpaired) electrons. The molecule has 0 aliphatic carbocycles. The summed E-state index contributed by atoms with van der Waals surface area (Å²) in [5.74, 6) is 1.32. The molecule has 0 aliphatic rings. The number of aromatic amines is 1. The molecule has 8 nitrogen and oxygen atoms in total. The number of aryl methyl sites for hydroxylation is 1. The fourth-order valence-corrected chi connectivity index (χ4v) is 4.09. The molecule has 1 atom stereocenters. The third-order valence-electron chi connectivity index (χ3n) is 6.34. The quantitative estimate of drug-likeness (QED) is 0.242. The van der Waals surface area contributed by atoms with E-state index in [0.717, 1.165) is 11.1 Å². The monoisotopic (exact) mass is 506 g/mol. The minimum absolute atomic E-state index is 0.0715. The first-order valence-electron chi connectivity index (χ1n) is 12.2. The van der Waals surface area contributed by atoms with Crippen LogP contribution in [-0.4, -0.2) is 44.1 Å². The van der Waals surface area contributed by atoms with Gasteiger partial charge in [-0.2, -0.15) is 5.21 Å². The molecular formula is C28H31FN4O4. The van der Waals surface area contributed by atoms with E-state index in [9.17, 15) is 14.6 Å².